The lowest BCUT2D eigenvalue weighted by molar-refractivity contribution is -0.141. The molecule has 2 bridgehead atoms. The molecule has 38 heavy (non-hydrogen) atoms. The van der Waals surface area contributed by atoms with Gasteiger partial charge in [0, 0.05) is 58.2 Å². The van der Waals surface area contributed by atoms with Crippen LogP contribution in [0, 0.1) is 23.7 Å². The van der Waals surface area contributed by atoms with Gasteiger partial charge in [0.05, 0.1) is 0 Å². The number of benzene rings is 1. The topological polar surface area (TPSA) is 90.0 Å². The lowest BCUT2D eigenvalue weighted by Crippen LogP contribution is -2.61. The number of carbonyl (C=O) groups excluding carboxylic acids is 2. The van der Waals surface area contributed by atoms with E-state index in [9.17, 15) is 18.0 Å². The summed E-state index contributed by atoms with van der Waals surface area (Å²) in [6, 6.07) is 9.74. The first-order valence-corrected chi connectivity index (χ1v) is 15.8. The van der Waals surface area contributed by atoms with Crippen molar-refractivity contribution in [2.45, 2.75) is 84.3 Å². The largest absolute Gasteiger partial charge is 0.353 e. The van der Waals surface area contributed by atoms with Gasteiger partial charge in [-0.1, -0.05) is 51.1 Å². The zero-order valence-electron chi connectivity index (χ0n) is 23.5. The zero-order valence-corrected chi connectivity index (χ0v) is 24.3. The summed E-state index contributed by atoms with van der Waals surface area (Å²) in [5.74, 6) is 1.08. The second-order valence-corrected chi connectivity index (χ2v) is 14.3. The predicted octanol–water partition coefficient (Wildman–Crippen LogP) is 3.64. The molecule has 0 spiro atoms. The van der Waals surface area contributed by atoms with E-state index in [-0.39, 0.29) is 41.7 Å². The van der Waals surface area contributed by atoms with Gasteiger partial charge >= 0.3 is 0 Å². The minimum absolute atomic E-state index is 0.0298. The molecule has 3 heterocycles. The van der Waals surface area contributed by atoms with E-state index in [1.165, 1.54) is 4.31 Å². The maximum atomic E-state index is 13.6. The van der Waals surface area contributed by atoms with Crippen molar-refractivity contribution in [2.24, 2.45) is 23.7 Å². The zero-order chi connectivity index (χ0) is 27.4. The summed E-state index contributed by atoms with van der Waals surface area (Å²) < 4.78 is 30.2. The van der Waals surface area contributed by atoms with Gasteiger partial charge in [0.2, 0.25) is 11.8 Å². The lowest BCUT2D eigenvalue weighted by Gasteiger charge is -2.51. The van der Waals surface area contributed by atoms with Crippen LogP contribution < -0.4 is 5.32 Å². The Morgan fingerprint density at radius 2 is 1.79 bits per heavy atom. The Kier molecular flexibility index (Phi) is 9.53. The van der Waals surface area contributed by atoms with Gasteiger partial charge in [-0.3, -0.25) is 9.59 Å². The maximum absolute atomic E-state index is 13.6. The summed E-state index contributed by atoms with van der Waals surface area (Å²) in [5, 5.41) is 3.23. The normalized spacial score (nSPS) is 30.3. The van der Waals surface area contributed by atoms with Crippen LogP contribution in [0.1, 0.15) is 71.3 Å². The molecular weight excluding hydrogens is 500 g/mol. The molecule has 1 N–H and O–H groups in total. The average Bonchev–Trinajstić information content (AvgIpc) is 2.88. The van der Waals surface area contributed by atoms with Crippen LogP contribution in [0.15, 0.2) is 30.3 Å². The summed E-state index contributed by atoms with van der Waals surface area (Å²) in [4.78, 5) is 28.4. The van der Waals surface area contributed by atoms with Gasteiger partial charge in [0.25, 0.3) is 10.2 Å². The molecule has 4 rings (SSSR count). The molecular formula is C29H46N4O4S. The van der Waals surface area contributed by atoms with Gasteiger partial charge in [-0.05, 0) is 61.3 Å². The third-order valence-electron chi connectivity index (χ3n) is 8.77. The van der Waals surface area contributed by atoms with E-state index in [1.807, 2.05) is 30.3 Å². The van der Waals surface area contributed by atoms with Gasteiger partial charge in [-0.25, -0.2) is 0 Å². The first kappa shape index (κ1) is 29.0. The van der Waals surface area contributed by atoms with Crippen LogP contribution in [0.3, 0.4) is 0 Å². The fourth-order valence-corrected chi connectivity index (χ4v) is 8.06. The third kappa shape index (κ3) is 6.96. The van der Waals surface area contributed by atoms with Crippen molar-refractivity contribution in [1.29, 1.82) is 0 Å². The number of amides is 2. The molecule has 212 valence electrons. The fraction of sp³-hybridized carbons (Fsp3) is 0.724. The maximum Gasteiger partial charge on any atom is 0.282 e. The SMILES string of the molecule is CC(C)[C@@H]1CC[C@@H](C)CC(=O)N2C[C@H]3C[C@H](CN(S(=O)(=O)N(C)Cc4ccccc4)C3)[C@@H]2CCCC(=O)N1. The van der Waals surface area contributed by atoms with E-state index < -0.39 is 10.2 Å². The number of nitrogens with one attached hydrogen (secondary N) is 1. The summed E-state index contributed by atoms with van der Waals surface area (Å²) >= 11 is 0. The van der Waals surface area contributed by atoms with Crippen LogP contribution in [0.2, 0.25) is 0 Å². The van der Waals surface area contributed by atoms with Crippen LogP contribution >= 0.6 is 0 Å². The number of carbonyl (C=O) groups is 2. The number of rotatable bonds is 5. The number of hydrogen-bond donors (Lipinski definition) is 1. The first-order valence-electron chi connectivity index (χ1n) is 14.4. The molecule has 9 heteroatoms. The summed E-state index contributed by atoms with van der Waals surface area (Å²) in [7, 11) is -1.99. The predicted molar refractivity (Wildman–Crippen MR) is 149 cm³/mol. The summed E-state index contributed by atoms with van der Waals surface area (Å²) in [6.07, 6.45) is 5.09. The molecule has 0 radical (unpaired) electrons. The van der Waals surface area contributed by atoms with Gasteiger partial charge in [-0.15, -0.1) is 0 Å². The van der Waals surface area contributed by atoms with Gasteiger partial charge < -0.3 is 10.2 Å². The third-order valence-corrected chi connectivity index (χ3v) is 10.6. The van der Waals surface area contributed by atoms with Crippen LogP contribution in [0.4, 0.5) is 0 Å². The molecule has 3 aliphatic rings. The highest BCUT2D eigenvalue weighted by atomic mass is 32.2. The molecule has 2 amide bonds. The highest BCUT2D eigenvalue weighted by molar-refractivity contribution is 7.86. The standard InChI is InChI=1S/C29H46N4O4S/c1-21(2)26-14-13-22(3)15-29(35)33-19-24-16-25(27(33)11-8-12-28(34)30-26)20-32(18-24)38(36,37)31(4)17-23-9-6-5-7-10-23/h5-7,9-10,21-22,24-27H,8,11-20H2,1-4H3,(H,30,34)/t22-,24+,25-,26+,27+/m1/s1. The highest BCUT2D eigenvalue weighted by Crippen LogP contribution is 2.38. The number of piperidine rings is 2. The molecule has 3 aliphatic heterocycles. The van der Waals surface area contributed by atoms with Crippen molar-refractivity contribution in [2.75, 3.05) is 26.7 Å². The highest BCUT2D eigenvalue weighted by Gasteiger charge is 2.45. The van der Waals surface area contributed by atoms with Crippen LogP contribution in [0.5, 0.6) is 0 Å². The number of hydrogen-bond acceptors (Lipinski definition) is 4. The second-order valence-electron chi connectivity index (χ2n) is 12.2. The first-order chi connectivity index (χ1) is 18.0. The molecule has 0 aromatic heterocycles. The Labute approximate surface area is 229 Å². The molecule has 8 nitrogen and oxygen atoms in total. The van der Waals surface area contributed by atoms with Crippen LogP contribution in [-0.2, 0) is 26.3 Å². The molecule has 3 fully saturated rings. The Morgan fingerprint density at radius 3 is 2.50 bits per heavy atom. The lowest BCUT2D eigenvalue weighted by atomic mass is 9.78. The number of nitrogens with zero attached hydrogens (tertiary/aromatic N) is 3. The van der Waals surface area contributed by atoms with E-state index in [2.05, 4.69) is 31.0 Å². The van der Waals surface area contributed by atoms with Crippen molar-refractivity contribution in [3.8, 4) is 0 Å². The van der Waals surface area contributed by atoms with Crippen molar-refractivity contribution in [1.82, 2.24) is 18.8 Å². The van der Waals surface area contributed by atoms with Crippen molar-refractivity contribution in [3.63, 3.8) is 0 Å². The molecule has 5 atom stereocenters. The molecule has 3 saturated heterocycles. The molecule has 0 saturated carbocycles. The Morgan fingerprint density at radius 1 is 1.05 bits per heavy atom. The molecule has 0 unspecified atom stereocenters. The van der Waals surface area contributed by atoms with Crippen LogP contribution in [0.25, 0.3) is 0 Å². The van der Waals surface area contributed by atoms with Gasteiger partial charge in [0.1, 0.15) is 0 Å². The Balaban J connectivity index is 1.49. The van der Waals surface area contributed by atoms with E-state index >= 15 is 0 Å². The molecule has 1 aromatic carbocycles. The van der Waals surface area contributed by atoms with E-state index in [0.717, 1.165) is 31.2 Å². The van der Waals surface area contributed by atoms with Crippen molar-refractivity contribution in [3.05, 3.63) is 35.9 Å². The Hall–Kier alpha value is -1.97. The minimum atomic E-state index is -3.63. The Bertz CT molecular complexity index is 1060. The van der Waals surface area contributed by atoms with Crippen LogP contribution in [-0.4, -0.2) is 72.5 Å². The summed E-state index contributed by atoms with van der Waals surface area (Å²) in [6.45, 7) is 8.20. The average molecular weight is 547 g/mol. The minimum Gasteiger partial charge on any atom is -0.353 e. The molecule has 1 aromatic rings. The smallest absolute Gasteiger partial charge is 0.282 e. The fourth-order valence-electron chi connectivity index (χ4n) is 6.57. The molecule has 0 aliphatic carbocycles. The van der Waals surface area contributed by atoms with E-state index in [0.29, 0.717) is 51.4 Å². The van der Waals surface area contributed by atoms with Gasteiger partial charge in [-0.2, -0.15) is 17.0 Å². The van der Waals surface area contributed by atoms with E-state index in [1.54, 1.807) is 11.4 Å². The summed E-state index contributed by atoms with van der Waals surface area (Å²) in [5.41, 5.74) is 0.954. The van der Waals surface area contributed by atoms with Crippen molar-refractivity contribution >= 4 is 22.0 Å². The van der Waals surface area contributed by atoms with E-state index in [4.69, 9.17) is 0 Å². The quantitative estimate of drug-likeness (QED) is 0.611. The van der Waals surface area contributed by atoms with Gasteiger partial charge in [0.15, 0.2) is 0 Å². The number of fused-ring (bicyclic) bond motifs is 4. The van der Waals surface area contributed by atoms with Crippen molar-refractivity contribution < 1.29 is 18.0 Å². The second kappa shape index (κ2) is 12.5. The monoisotopic (exact) mass is 546 g/mol.